The summed E-state index contributed by atoms with van der Waals surface area (Å²) in [5.41, 5.74) is -1.32. The van der Waals surface area contributed by atoms with E-state index in [1.54, 1.807) is 0 Å². The zero-order valence-corrected chi connectivity index (χ0v) is 5.74. The lowest BCUT2D eigenvalue weighted by Gasteiger charge is -1.81. The van der Waals surface area contributed by atoms with Gasteiger partial charge in [-0.1, -0.05) is 4.85 Å². The van der Waals surface area contributed by atoms with E-state index in [1.165, 1.54) is 0 Å². The fourth-order valence-corrected chi connectivity index (χ4v) is 0.940. The highest BCUT2D eigenvalue weighted by Crippen LogP contribution is 1.92. The van der Waals surface area contributed by atoms with Crippen LogP contribution in [0.5, 0.6) is 0 Å². The average molecular weight is 168 g/mol. The second-order valence-electron chi connectivity index (χ2n) is 2.18. The standard InChI is InChI=1S/C5H4N4O3/c10-4-2-3(6-1-7-4)8-9(12)5(2)11/h1,12H,(H2,6,7,8,10). The first-order valence-corrected chi connectivity index (χ1v) is 3.08. The van der Waals surface area contributed by atoms with Gasteiger partial charge in [-0.25, -0.2) is 10.1 Å². The van der Waals surface area contributed by atoms with E-state index in [2.05, 4.69) is 15.1 Å². The van der Waals surface area contributed by atoms with Gasteiger partial charge in [-0.05, 0) is 0 Å². The minimum atomic E-state index is -0.806. The van der Waals surface area contributed by atoms with Crippen LogP contribution in [0.1, 0.15) is 0 Å². The van der Waals surface area contributed by atoms with Crippen molar-refractivity contribution in [2.24, 2.45) is 0 Å². The summed E-state index contributed by atoms with van der Waals surface area (Å²) in [6.07, 6.45) is 1.14. The van der Waals surface area contributed by atoms with Crippen LogP contribution in [-0.4, -0.2) is 25.1 Å². The van der Waals surface area contributed by atoms with Crippen molar-refractivity contribution in [3.8, 4) is 0 Å². The molecule has 0 atom stereocenters. The molecule has 7 nitrogen and oxygen atoms in total. The van der Waals surface area contributed by atoms with E-state index in [0.29, 0.717) is 0 Å². The maximum absolute atomic E-state index is 11.0. The summed E-state index contributed by atoms with van der Waals surface area (Å²) in [7, 11) is 0. The molecular weight excluding hydrogens is 164 g/mol. The highest BCUT2D eigenvalue weighted by atomic mass is 16.5. The monoisotopic (exact) mass is 168 g/mol. The van der Waals surface area contributed by atoms with Crippen LogP contribution in [0.15, 0.2) is 15.9 Å². The van der Waals surface area contributed by atoms with Crippen LogP contribution < -0.4 is 11.1 Å². The molecule has 0 aliphatic carbocycles. The van der Waals surface area contributed by atoms with Crippen molar-refractivity contribution in [2.45, 2.75) is 0 Å². The Labute approximate surface area is 64.2 Å². The van der Waals surface area contributed by atoms with Crippen LogP contribution in [0, 0.1) is 0 Å². The van der Waals surface area contributed by atoms with E-state index in [-0.39, 0.29) is 15.9 Å². The average Bonchev–Trinajstić information content (AvgIpc) is 2.29. The molecule has 2 aromatic heterocycles. The summed E-state index contributed by atoms with van der Waals surface area (Å²) < 4.78 is 0. The fraction of sp³-hybridized carbons (Fsp3) is 0. The Kier molecular flexibility index (Phi) is 1.09. The summed E-state index contributed by atoms with van der Waals surface area (Å²) in [5, 5.41) is 10.8. The van der Waals surface area contributed by atoms with Gasteiger partial charge in [0, 0.05) is 0 Å². The van der Waals surface area contributed by atoms with E-state index in [1.807, 2.05) is 0 Å². The van der Waals surface area contributed by atoms with Crippen LogP contribution in [0.3, 0.4) is 0 Å². The van der Waals surface area contributed by atoms with Gasteiger partial charge in [0.25, 0.3) is 5.56 Å². The third-order valence-corrected chi connectivity index (χ3v) is 1.47. The molecule has 12 heavy (non-hydrogen) atoms. The molecule has 2 aromatic rings. The Hall–Kier alpha value is -2.05. The predicted octanol–water partition coefficient (Wildman–Crippen LogP) is -1.35. The first-order valence-electron chi connectivity index (χ1n) is 3.08. The molecule has 2 rings (SSSR count). The predicted molar refractivity (Wildman–Crippen MR) is 38.2 cm³/mol. The van der Waals surface area contributed by atoms with Gasteiger partial charge in [-0.2, -0.15) is 0 Å². The number of rotatable bonds is 0. The van der Waals surface area contributed by atoms with Crippen LogP contribution >= 0.6 is 0 Å². The number of hydrogen-bond acceptors (Lipinski definition) is 4. The normalized spacial score (nSPS) is 10.7. The van der Waals surface area contributed by atoms with Crippen molar-refractivity contribution in [2.75, 3.05) is 0 Å². The first kappa shape index (κ1) is 6.65. The molecule has 7 heteroatoms. The number of aromatic amines is 2. The third kappa shape index (κ3) is 0.669. The molecule has 0 bridgehead atoms. The van der Waals surface area contributed by atoms with Crippen molar-refractivity contribution in [1.82, 2.24) is 19.9 Å². The maximum atomic E-state index is 11.0. The molecule has 2 heterocycles. The van der Waals surface area contributed by atoms with Crippen LogP contribution in [0.4, 0.5) is 0 Å². The highest BCUT2D eigenvalue weighted by Gasteiger charge is 2.09. The summed E-state index contributed by atoms with van der Waals surface area (Å²) in [5.74, 6) is 0. The number of nitrogens with one attached hydrogen (secondary N) is 2. The minimum absolute atomic E-state index is 0.0613. The lowest BCUT2D eigenvalue weighted by molar-refractivity contribution is 0.142. The quantitative estimate of drug-likeness (QED) is 0.423. The largest absolute Gasteiger partial charge is 0.410 e. The fourth-order valence-electron chi connectivity index (χ4n) is 0.940. The number of H-pyrrole nitrogens is 2. The SMILES string of the molecule is O=c1[nH]cnc2[nH]n(O)c(=O)c12. The van der Waals surface area contributed by atoms with E-state index in [4.69, 9.17) is 5.21 Å². The lowest BCUT2D eigenvalue weighted by Crippen LogP contribution is -2.18. The van der Waals surface area contributed by atoms with Crippen molar-refractivity contribution in [3.63, 3.8) is 0 Å². The maximum Gasteiger partial charge on any atom is 0.317 e. The zero-order valence-electron chi connectivity index (χ0n) is 5.74. The molecule has 0 unspecified atom stereocenters. The number of hydrogen-bond donors (Lipinski definition) is 3. The van der Waals surface area contributed by atoms with Gasteiger partial charge in [0.2, 0.25) is 0 Å². The topological polar surface area (TPSA) is 104 Å². The number of fused-ring (bicyclic) bond motifs is 1. The van der Waals surface area contributed by atoms with Gasteiger partial charge in [0.05, 0.1) is 6.33 Å². The first-order chi connectivity index (χ1) is 5.70. The highest BCUT2D eigenvalue weighted by molar-refractivity contribution is 5.71. The van der Waals surface area contributed by atoms with Gasteiger partial charge in [0.15, 0.2) is 11.0 Å². The Bertz CT molecular complexity index is 533. The van der Waals surface area contributed by atoms with Gasteiger partial charge in [0.1, 0.15) is 0 Å². The summed E-state index contributed by atoms with van der Waals surface area (Å²) in [6, 6.07) is 0. The zero-order chi connectivity index (χ0) is 8.72. The third-order valence-electron chi connectivity index (χ3n) is 1.47. The Morgan fingerprint density at radius 3 is 2.92 bits per heavy atom. The smallest absolute Gasteiger partial charge is 0.317 e. The van der Waals surface area contributed by atoms with Crippen molar-refractivity contribution < 1.29 is 5.21 Å². The second-order valence-corrected chi connectivity index (χ2v) is 2.18. The Balaban J connectivity index is 3.18. The molecule has 0 fully saturated rings. The lowest BCUT2D eigenvalue weighted by atomic mass is 10.4. The van der Waals surface area contributed by atoms with Crippen molar-refractivity contribution >= 4 is 11.0 Å². The molecule has 0 aromatic carbocycles. The molecular formula is C5H4N4O3. The molecule has 0 saturated carbocycles. The Morgan fingerprint density at radius 2 is 2.25 bits per heavy atom. The van der Waals surface area contributed by atoms with E-state index < -0.39 is 11.1 Å². The Morgan fingerprint density at radius 1 is 1.50 bits per heavy atom. The van der Waals surface area contributed by atoms with Crippen LogP contribution in [0.25, 0.3) is 11.0 Å². The molecule has 62 valence electrons. The minimum Gasteiger partial charge on any atom is -0.410 e. The molecule has 0 spiro atoms. The van der Waals surface area contributed by atoms with Crippen LogP contribution in [0.2, 0.25) is 0 Å². The summed E-state index contributed by atoms with van der Waals surface area (Å²) >= 11 is 0. The van der Waals surface area contributed by atoms with Gasteiger partial charge in [-0.15, -0.1) is 0 Å². The molecule has 0 aliphatic heterocycles. The summed E-state index contributed by atoms with van der Waals surface area (Å²) in [4.78, 5) is 28.0. The molecule has 0 amide bonds. The van der Waals surface area contributed by atoms with Gasteiger partial charge in [-0.3, -0.25) is 9.59 Å². The van der Waals surface area contributed by atoms with Gasteiger partial charge < -0.3 is 10.2 Å². The molecule has 3 N–H and O–H groups in total. The van der Waals surface area contributed by atoms with Crippen molar-refractivity contribution in [3.05, 3.63) is 27.0 Å². The van der Waals surface area contributed by atoms with Gasteiger partial charge >= 0.3 is 5.56 Å². The number of aromatic nitrogens is 4. The summed E-state index contributed by atoms with van der Waals surface area (Å²) in [6.45, 7) is 0. The van der Waals surface area contributed by atoms with Crippen LogP contribution in [-0.2, 0) is 0 Å². The molecule has 0 saturated heterocycles. The van der Waals surface area contributed by atoms with E-state index in [9.17, 15) is 9.59 Å². The molecule has 0 radical (unpaired) electrons. The number of nitrogens with zero attached hydrogens (tertiary/aromatic N) is 2. The molecule has 0 aliphatic rings. The van der Waals surface area contributed by atoms with E-state index in [0.717, 1.165) is 6.33 Å². The second kappa shape index (κ2) is 1.97. The van der Waals surface area contributed by atoms with Crippen molar-refractivity contribution in [1.29, 1.82) is 0 Å². The van der Waals surface area contributed by atoms with E-state index >= 15 is 0 Å².